The first-order valence-corrected chi connectivity index (χ1v) is 5.81. The smallest absolute Gasteiger partial charge is 0.332 e. The van der Waals surface area contributed by atoms with Gasteiger partial charge in [-0.05, 0) is 25.5 Å². The van der Waals surface area contributed by atoms with Crippen LogP contribution < -0.4 is 5.32 Å². The van der Waals surface area contributed by atoms with E-state index >= 15 is 0 Å². The molecule has 1 aromatic rings. The Morgan fingerprint density at radius 2 is 2.18 bits per heavy atom. The fraction of sp³-hybridized carbons (Fsp3) is 0.462. The average Bonchev–Trinajstić information content (AvgIpc) is 2.80. The molecule has 0 saturated carbocycles. The van der Waals surface area contributed by atoms with E-state index in [1.807, 2.05) is 30.3 Å². The van der Waals surface area contributed by atoms with E-state index in [1.54, 1.807) is 6.92 Å². The molecule has 1 fully saturated rings. The summed E-state index contributed by atoms with van der Waals surface area (Å²) in [5.41, 5.74) is 0.539. The molecule has 2 N–H and O–H groups in total. The van der Waals surface area contributed by atoms with Gasteiger partial charge in [0.1, 0.15) is 5.60 Å². The van der Waals surface area contributed by atoms with Crippen LogP contribution in [0.25, 0.3) is 0 Å². The third-order valence-corrected chi connectivity index (χ3v) is 3.17. The molecule has 0 radical (unpaired) electrons. The molecular formula is C13H17NO3. The monoisotopic (exact) mass is 235 g/mol. The average molecular weight is 235 g/mol. The summed E-state index contributed by atoms with van der Waals surface area (Å²) in [7, 11) is 0. The molecule has 0 spiro atoms. The van der Waals surface area contributed by atoms with Gasteiger partial charge in [0.05, 0.1) is 0 Å². The van der Waals surface area contributed by atoms with Crippen molar-refractivity contribution in [3.63, 3.8) is 0 Å². The Labute approximate surface area is 101 Å². The number of ether oxygens (including phenoxy) is 1. The van der Waals surface area contributed by atoms with Crippen molar-refractivity contribution in [3.05, 3.63) is 35.9 Å². The van der Waals surface area contributed by atoms with E-state index in [0.29, 0.717) is 6.54 Å². The third-order valence-electron chi connectivity index (χ3n) is 3.17. The summed E-state index contributed by atoms with van der Waals surface area (Å²) in [5.74, 6) is -0.924. The fourth-order valence-electron chi connectivity index (χ4n) is 2.21. The second-order valence-electron chi connectivity index (χ2n) is 4.39. The van der Waals surface area contributed by atoms with Crippen molar-refractivity contribution in [1.82, 2.24) is 5.32 Å². The number of benzene rings is 1. The molecule has 4 nitrogen and oxygen atoms in total. The number of hydrogen-bond acceptors (Lipinski definition) is 3. The zero-order valence-corrected chi connectivity index (χ0v) is 9.85. The van der Waals surface area contributed by atoms with Crippen LogP contribution in [0, 0.1) is 0 Å². The lowest BCUT2D eigenvalue weighted by atomic mass is 9.92. The predicted molar refractivity (Wildman–Crippen MR) is 63.8 cm³/mol. The summed E-state index contributed by atoms with van der Waals surface area (Å²) in [6.07, 6.45) is 0.00403. The Bertz CT molecular complexity index is 385. The minimum absolute atomic E-state index is 0.501. The number of rotatable bonds is 4. The van der Waals surface area contributed by atoms with Gasteiger partial charge in [-0.3, -0.25) is 0 Å². The second kappa shape index (κ2) is 4.85. The number of carbonyl (C=O) groups is 1. The molecule has 0 aliphatic carbocycles. The molecular weight excluding hydrogens is 218 g/mol. The van der Waals surface area contributed by atoms with E-state index < -0.39 is 17.7 Å². The second-order valence-corrected chi connectivity index (χ2v) is 4.39. The number of carboxylic acid groups (broad SMARTS) is 1. The highest BCUT2D eigenvalue weighted by atomic mass is 16.5. The molecule has 1 heterocycles. The summed E-state index contributed by atoms with van der Waals surface area (Å²) in [6.45, 7) is 3.08. The third kappa shape index (κ3) is 2.48. The van der Waals surface area contributed by atoms with E-state index in [9.17, 15) is 4.79 Å². The van der Waals surface area contributed by atoms with Gasteiger partial charge in [-0.1, -0.05) is 30.3 Å². The summed E-state index contributed by atoms with van der Waals surface area (Å²) in [6, 6.07) is 9.82. The fourth-order valence-corrected chi connectivity index (χ4v) is 2.21. The maximum absolute atomic E-state index is 10.9. The quantitative estimate of drug-likeness (QED) is 0.827. The molecule has 1 aromatic carbocycles. The number of aliphatic carboxylic acids is 1. The van der Waals surface area contributed by atoms with Gasteiger partial charge in [0.2, 0.25) is 0 Å². The maximum atomic E-state index is 10.9. The Morgan fingerprint density at radius 3 is 2.71 bits per heavy atom. The van der Waals surface area contributed by atoms with Crippen molar-refractivity contribution >= 4 is 5.97 Å². The molecule has 4 heteroatoms. The molecule has 1 aliphatic rings. The summed E-state index contributed by atoms with van der Waals surface area (Å²) in [4.78, 5) is 10.9. The minimum Gasteiger partial charge on any atom is -0.479 e. The molecule has 1 saturated heterocycles. The van der Waals surface area contributed by atoms with Crippen LogP contribution in [-0.4, -0.2) is 30.3 Å². The van der Waals surface area contributed by atoms with Gasteiger partial charge in [-0.2, -0.15) is 0 Å². The first-order valence-electron chi connectivity index (χ1n) is 5.81. The summed E-state index contributed by atoms with van der Waals surface area (Å²) >= 11 is 0. The van der Waals surface area contributed by atoms with Crippen LogP contribution >= 0.6 is 0 Å². The highest BCUT2D eigenvalue weighted by Crippen LogP contribution is 2.33. The molecule has 0 bridgehead atoms. The van der Waals surface area contributed by atoms with Crippen LogP contribution in [0.4, 0.5) is 0 Å². The molecule has 2 atom stereocenters. The van der Waals surface area contributed by atoms with Crippen molar-refractivity contribution in [2.24, 2.45) is 0 Å². The van der Waals surface area contributed by atoms with E-state index in [2.05, 4.69) is 5.32 Å². The van der Waals surface area contributed by atoms with Crippen LogP contribution in [0.3, 0.4) is 0 Å². The van der Waals surface area contributed by atoms with Crippen LogP contribution in [-0.2, 0) is 15.1 Å². The van der Waals surface area contributed by atoms with Gasteiger partial charge in [-0.15, -0.1) is 0 Å². The van der Waals surface area contributed by atoms with Gasteiger partial charge in [0.15, 0.2) is 6.10 Å². The van der Waals surface area contributed by atoms with Crippen LogP contribution in [0.2, 0.25) is 0 Å². The molecule has 92 valence electrons. The summed E-state index contributed by atoms with van der Waals surface area (Å²) in [5, 5.41) is 12.2. The van der Waals surface area contributed by atoms with Gasteiger partial charge < -0.3 is 15.2 Å². The lowest BCUT2D eigenvalue weighted by molar-refractivity contribution is -0.161. The van der Waals surface area contributed by atoms with Crippen LogP contribution in [0.15, 0.2) is 30.3 Å². The minimum atomic E-state index is -0.924. The Balaban J connectivity index is 2.24. The summed E-state index contributed by atoms with van der Waals surface area (Å²) < 4.78 is 5.78. The molecule has 2 unspecified atom stereocenters. The van der Waals surface area contributed by atoms with Crippen molar-refractivity contribution < 1.29 is 14.6 Å². The SMILES string of the molecule is CC(OC1(c2ccccc2)CCNC1)C(=O)O. The highest BCUT2D eigenvalue weighted by molar-refractivity contribution is 5.71. The topological polar surface area (TPSA) is 58.6 Å². The van der Waals surface area contributed by atoms with Crippen molar-refractivity contribution in [2.45, 2.75) is 25.0 Å². The number of carboxylic acids is 1. The first kappa shape index (κ1) is 12.1. The van der Waals surface area contributed by atoms with Gasteiger partial charge in [0, 0.05) is 6.54 Å². The van der Waals surface area contributed by atoms with Crippen molar-refractivity contribution in [2.75, 3.05) is 13.1 Å². The van der Waals surface area contributed by atoms with Gasteiger partial charge in [0.25, 0.3) is 0 Å². The van der Waals surface area contributed by atoms with Gasteiger partial charge >= 0.3 is 5.97 Å². The first-order chi connectivity index (χ1) is 8.14. The Morgan fingerprint density at radius 1 is 1.47 bits per heavy atom. The van der Waals surface area contributed by atoms with Gasteiger partial charge in [-0.25, -0.2) is 4.79 Å². The lowest BCUT2D eigenvalue weighted by Crippen LogP contribution is -2.38. The zero-order chi connectivity index (χ0) is 12.3. The van der Waals surface area contributed by atoms with E-state index in [-0.39, 0.29) is 0 Å². The Hall–Kier alpha value is -1.39. The van der Waals surface area contributed by atoms with Crippen LogP contribution in [0.1, 0.15) is 18.9 Å². The highest BCUT2D eigenvalue weighted by Gasteiger charge is 2.39. The zero-order valence-electron chi connectivity index (χ0n) is 9.85. The standard InChI is InChI=1S/C13H17NO3/c1-10(12(15)16)17-13(7-8-14-9-13)11-5-3-2-4-6-11/h2-6,10,14H,7-9H2,1H3,(H,15,16). The number of nitrogens with one attached hydrogen (secondary N) is 1. The Kier molecular flexibility index (Phi) is 3.45. The molecule has 0 aromatic heterocycles. The predicted octanol–water partition coefficient (Wildman–Crippen LogP) is 1.36. The number of hydrogen-bond donors (Lipinski definition) is 2. The van der Waals surface area contributed by atoms with Crippen molar-refractivity contribution in [3.8, 4) is 0 Å². The molecule has 17 heavy (non-hydrogen) atoms. The van der Waals surface area contributed by atoms with Crippen molar-refractivity contribution in [1.29, 1.82) is 0 Å². The van der Waals surface area contributed by atoms with E-state index in [1.165, 1.54) is 0 Å². The lowest BCUT2D eigenvalue weighted by Gasteiger charge is -2.31. The molecule has 0 amide bonds. The maximum Gasteiger partial charge on any atom is 0.332 e. The molecule has 2 rings (SSSR count). The van der Waals surface area contributed by atoms with E-state index in [4.69, 9.17) is 9.84 Å². The normalized spacial score (nSPS) is 25.7. The van der Waals surface area contributed by atoms with E-state index in [0.717, 1.165) is 18.5 Å². The largest absolute Gasteiger partial charge is 0.479 e. The molecule has 1 aliphatic heterocycles. The van der Waals surface area contributed by atoms with Crippen LogP contribution in [0.5, 0.6) is 0 Å².